The summed E-state index contributed by atoms with van der Waals surface area (Å²) >= 11 is 6.68. The first-order valence-electron chi connectivity index (χ1n) is 2.92. The average Bonchev–Trinajstić information content (AvgIpc) is 2.04. The highest BCUT2D eigenvalue weighted by atomic mass is 35.5. The predicted molar refractivity (Wildman–Crippen MR) is 53.7 cm³/mol. The van der Waals surface area contributed by atoms with Gasteiger partial charge in [0.25, 0.3) is 0 Å². The van der Waals surface area contributed by atoms with Gasteiger partial charge in [-0.3, -0.25) is 9.52 Å². The molecule has 0 aliphatic carbocycles. The van der Waals surface area contributed by atoms with Crippen molar-refractivity contribution < 1.29 is 9.00 Å². The molecule has 0 spiro atoms. The minimum atomic E-state index is -1.56. The van der Waals surface area contributed by atoms with Crippen LogP contribution in [0.2, 0.25) is 0 Å². The fraction of sp³-hybridized carbons (Fsp3) is 0.167. The Balaban J connectivity index is 4.04. The summed E-state index contributed by atoms with van der Waals surface area (Å²) in [5.41, 5.74) is 0. The van der Waals surface area contributed by atoms with Crippen LogP contribution in [0, 0.1) is 0 Å². The van der Waals surface area contributed by atoms with E-state index in [0.29, 0.717) is 15.0 Å². The van der Waals surface area contributed by atoms with Gasteiger partial charge in [-0.05, 0) is 6.92 Å². The minimum absolute atomic E-state index is 0.296. The molecule has 0 aromatic heterocycles. The normalized spacial score (nSPS) is 13.7. The van der Waals surface area contributed by atoms with E-state index in [1.165, 1.54) is 0 Å². The number of hydrogen-bond donors (Lipinski definition) is 1. The molecule has 0 bridgehead atoms. The number of nitrogens with one attached hydrogen (secondary N) is 1. The van der Waals surface area contributed by atoms with Crippen molar-refractivity contribution in [2.75, 3.05) is 0 Å². The number of thioether (sulfide) groups is 1. The Bertz CT molecular complexity index is 240. The lowest BCUT2D eigenvalue weighted by molar-refractivity contribution is -0.108. The number of halogens is 1. The molecular weight excluding hydrogens is 218 g/mol. The van der Waals surface area contributed by atoms with Crippen molar-refractivity contribution in [2.45, 2.75) is 6.92 Å². The maximum absolute atomic E-state index is 11.0. The Hall–Kier alpha value is -0.260. The van der Waals surface area contributed by atoms with Crippen LogP contribution in [0.15, 0.2) is 21.3 Å². The van der Waals surface area contributed by atoms with Crippen molar-refractivity contribution in [3.8, 4) is 0 Å². The lowest BCUT2D eigenvalue weighted by atomic mass is 10.8. The summed E-state index contributed by atoms with van der Waals surface area (Å²) in [6.07, 6.45) is 2.00. The molecule has 68 valence electrons. The van der Waals surface area contributed by atoms with E-state index in [2.05, 4.69) is 11.3 Å². The molecule has 0 rings (SSSR count). The van der Waals surface area contributed by atoms with Crippen molar-refractivity contribution >= 4 is 40.8 Å². The second-order valence-electron chi connectivity index (χ2n) is 1.57. The Morgan fingerprint density at radius 1 is 1.75 bits per heavy atom. The van der Waals surface area contributed by atoms with Crippen molar-refractivity contribution in [1.29, 1.82) is 0 Å². The van der Waals surface area contributed by atoms with Gasteiger partial charge in [-0.1, -0.05) is 36.0 Å². The zero-order valence-corrected chi connectivity index (χ0v) is 8.76. The van der Waals surface area contributed by atoms with Gasteiger partial charge in [0.05, 0.1) is 8.60 Å². The van der Waals surface area contributed by atoms with Gasteiger partial charge < -0.3 is 0 Å². The Morgan fingerprint density at radius 3 is 2.75 bits per heavy atom. The summed E-state index contributed by atoms with van der Waals surface area (Å²) in [6.45, 7) is 5.23. The van der Waals surface area contributed by atoms with Crippen LogP contribution in [0.1, 0.15) is 6.92 Å². The maximum Gasteiger partial charge on any atom is 0.219 e. The Labute approximate surface area is 82.8 Å². The van der Waals surface area contributed by atoms with E-state index in [9.17, 15) is 9.00 Å². The van der Waals surface area contributed by atoms with E-state index in [1.54, 1.807) is 13.0 Å². The van der Waals surface area contributed by atoms with E-state index in [1.807, 2.05) is 0 Å². The van der Waals surface area contributed by atoms with Crippen LogP contribution < -0.4 is 4.72 Å². The molecule has 0 aromatic rings. The summed E-state index contributed by atoms with van der Waals surface area (Å²) in [6, 6.07) is 0. The van der Waals surface area contributed by atoms with E-state index in [4.69, 9.17) is 11.6 Å². The molecule has 0 saturated heterocycles. The van der Waals surface area contributed by atoms with Crippen LogP contribution in [0.3, 0.4) is 0 Å². The van der Waals surface area contributed by atoms with Crippen molar-refractivity contribution in [1.82, 2.24) is 4.72 Å². The fourth-order valence-electron chi connectivity index (χ4n) is 0.315. The molecule has 1 amide bonds. The molecule has 1 unspecified atom stereocenters. The summed E-state index contributed by atoms with van der Waals surface area (Å²) in [5, 5.41) is 0. The van der Waals surface area contributed by atoms with Crippen molar-refractivity contribution in [3.63, 3.8) is 0 Å². The van der Waals surface area contributed by atoms with Gasteiger partial charge in [-0.15, -0.1) is 0 Å². The highest BCUT2D eigenvalue weighted by molar-refractivity contribution is 8.19. The van der Waals surface area contributed by atoms with E-state index in [-0.39, 0.29) is 0 Å². The van der Waals surface area contributed by atoms with Gasteiger partial charge >= 0.3 is 0 Å². The zero-order valence-electron chi connectivity index (χ0n) is 6.37. The molecular formula is C6H8ClNO2S2. The fourth-order valence-corrected chi connectivity index (χ4v) is 2.00. The second kappa shape index (κ2) is 6.28. The van der Waals surface area contributed by atoms with Gasteiger partial charge in [0.15, 0.2) is 11.0 Å². The van der Waals surface area contributed by atoms with Crippen LogP contribution in [0.5, 0.6) is 0 Å². The molecule has 0 aromatic carbocycles. The highest BCUT2D eigenvalue weighted by Gasteiger charge is 2.05. The Morgan fingerprint density at radius 2 is 2.33 bits per heavy atom. The van der Waals surface area contributed by atoms with Gasteiger partial charge in [0, 0.05) is 0 Å². The third-order valence-corrected chi connectivity index (χ3v) is 3.34. The van der Waals surface area contributed by atoms with Gasteiger partial charge in [-0.25, -0.2) is 4.21 Å². The molecule has 6 heteroatoms. The Kier molecular flexibility index (Phi) is 6.14. The summed E-state index contributed by atoms with van der Waals surface area (Å²) in [5.74, 6) is 0. The SMILES string of the molecule is C=C(S/C(Cl)=C\C)S(=O)NC=O. The van der Waals surface area contributed by atoms with Crippen molar-refractivity contribution in [3.05, 3.63) is 21.3 Å². The minimum Gasteiger partial charge on any atom is -0.278 e. The molecule has 0 saturated carbocycles. The first kappa shape index (κ1) is 11.7. The van der Waals surface area contributed by atoms with Crippen LogP contribution >= 0.6 is 23.4 Å². The topological polar surface area (TPSA) is 46.2 Å². The van der Waals surface area contributed by atoms with Crippen LogP contribution in [-0.4, -0.2) is 10.6 Å². The monoisotopic (exact) mass is 225 g/mol. The number of carbonyl (C=O) groups is 1. The third-order valence-electron chi connectivity index (χ3n) is 0.800. The molecule has 1 N–H and O–H groups in total. The number of carbonyl (C=O) groups excluding carboxylic acids is 1. The van der Waals surface area contributed by atoms with Gasteiger partial charge in [0.2, 0.25) is 6.41 Å². The molecule has 0 aliphatic heterocycles. The first-order chi connectivity index (χ1) is 5.61. The highest BCUT2D eigenvalue weighted by Crippen LogP contribution is 2.28. The molecule has 0 radical (unpaired) electrons. The average molecular weight is 226 g/mol. The standard InChI is InChI=1S/C6H8ClNO2S2/c1-3-6(7)11-5(2)12(10)8-4-9/h3-4H,2H2,1H3,(H,8,9)/b6-3-. The second-order valence-corrected chi connectivity index (χ2v) is 4.86. The third kappa shape index (κ3) is 4.58. The zero-order chi connectivity index (χ0) is 9.56. The molecule has 3 nitrogen and oxygen atoms in total. The first-order valence-corrected chi connectivity index (χ1v) is 5.26. The number of allylic oxidation sites excluding steroid dienone is 1. The van der Waals surface area contributed by atoms with Gasteiger partial charge in [-0.2, -0.15) is 0 Å². The predicted octanol–water partition coefficient (Wildman–Crippen LogP) is 1.70. The maximum atomic E-state index is 11.0. The van der Waals surface area contributed by atoms with Crippen LogP contribution in [0.4, 0.5) is 0 Å². The lowest BCUT2D eigenvalue weighted by Crippen LogP contribution is -2.14. The van der Waals surface area contributed by atoms with E-state index >= 15 is 0 Å². The van der Waals surface area contributed by atoms with Gasteiger partial charge in [0.1, 0.15) is 0 Å². The van der Waals surface area contributed by atoms with Crippen LogP contribution in [0.25, 0.3) is 0 Å². The number of amides is 1. The number of hydrogen-bond acceptors (Lipinski definition) is 3. The quantitative estimate of drug-likeness (QED) is 0.725. The van der Waals surface area contributed by atoms with E-state index < -0.39 is 11.0 Å². The summed E-state index contributed by atoms with van der Waals surface area (Å²) < 4.78 is 13.8. The lowest BCUT2D eigenvalue weighted by Gasteiger charge is -2.01. The largest absolute Gasteiger partial charge is 0.278 e. The molecule has 0 aliphatic rings. The van der Waals surface area contributed by atoms with E-state index in [0.717, 1.165) is 11.8 Å². The molecule has 0 fully saturated rings. The molecule has 0 heterocycles. The van der Waals surface area contributed by atoms with Crippen molar-refractivity contribution in [2.24, 2.45) is 0 Å². The molecule has 12 heavy (non-hydrogen) atoms. The summed E-state index contributed by atoms with van der Waals surface area (Å²) in [7, 11) is -1.56. The number of rotatable bonds is 5. The molecule has 1 atom stereocenters. The summed E-state index contributed by atoms with van der Waals surface area (Å²) in [4.78, 5) is 9.87. The van der Waals surface area contributed by atoms with Crippen LogP contribution in [-0.2, 0) is 15.8 Å². The smallest absolute Gasteiger partial charge is 0.219 e.